The third-order valence-corrected chi connectivity index (χ3v) is 2.82. The average molecular weight is 323 g/mol. The van der Waals surface area contributed by atoms with Gasteiger partial charge in [-0.15, -0.1) is 0 Å². The predicted octanol–water partition coefficient (Wildman–Crippen LogP) is 2.91. The Kier molecular flexibility index (Phi) is 4.85. The Morgan fingerprint density at radius 1 is 1.22 bits per heavy atom. The molecular formula is C15H11F2NO5. The molecule has 6 nitrogen and oxygen atoms in total. The number of ether oxygens (including phenoxy) is 1. The highest BCUT2D eigenvalue weighted by atomic mass is 19.2. The first-order valence-corrected chi connectivity index (χ1v) is 6.44. The molecule has 0 unspecified atom stereocenters. The minimum Gasteiger partial charge on any atom is -0.505 e. The SMILES string of the molecule is O=C(O)CCC(=O)c1ncc(Oc2cccc(F)c2F)cc1O. The van der Waals surface area contributed by atoms with Crippen LogP contribution in [-0.4, -0.2) is 26.9 Å². The number of Topliss-reactive ketones (excluding diaryl/α,β-unsaturated/α-hetero) is 1. The summed E-state index contributed by atoms with van der Waals surface area (Å²) in [5.74, 6) is -5.17. The van der Waals surface area contributed by atoms with Crippen LogP contribution in [0.4, 0.5) is 8.78 Å². The van der Waals surface area contributed by atoms with E-state index in [0.717, 1.165) is 18.3 Å². The van der Waals surface area contributed by atoms with Gasteiger partial charge in [0.05, 0.1) is 12.6 Å². The van der Waals surface area contributed by atoms with Crippen molar-refractivity contribution in [2.45, 2.75) is 12.8 Å². The lowest BCUT2D eigenvalue weighted by molar-refractivity contribution is -0.136. The molecule has 2 rings (SSSR count). The van der Waals surface area contributed by atoms with E-state index in [9.17, 15) is 23.5 Å². The fourth-order valence-electron chi connectivity index (χ4n) is 1.73. The Morgan fingerprint density at radius 3 is 2.61 bits per heavy atom. The van der Waals surface area contributed by atoms with E-state index in [1.165, 1.54) is 12.1 Å². The molecule has 0 amide bonds. The van der Waals surface area contributed by atoms with Crippen molar-refractivity contribution in [1.29, 1.82) is 0 Å². The van der Waals surface area contributed by atoms with Crippen molar-refractivity contribution in [2.24, 2.45) is 0 Å². The number of carboxylic acids is 1. The Balaban J connectivity index is 2.17. The highest BCUT2D eigenvalue weighted by Crippen LogP contribution is 2.29. The molecule has 23 heavy (non-hydrogen) atoms. The van der Waals surface area contributed by atoms with Crippen molar-refractivity contribution in [3.8, 4) is 17.2 Å². The molecule has 0 aliphatic heterocycles. The number of hydrogen-bond acceptors (Lipinski definition) is 5. The Labute approximate surface area is 129 Å². The third kappa shape index (κ3) is 4.00. The number of benzene rings is 1. The predicted molar refractivity (Wildman–Crippen MR) is 73.5 cm³/mol. The van der Waals surface area contributed by atoms with Crippen molar-refractivity contribution in [1.82, 2.24) is 4.98 Å². The zero-order chi connectivity index (χ0) is 17.0. The molecule has 120 valence electrons. The van der Waals surface area contributed by atoms with E-state index in [4.69, 9.17) is 9.84 Å². The summed E-state index contributed by atoms with van der Waals surface area (Å²) >= 11 is 0. The number of aliphatic carboxylic acids is 1. The Morgan fingerprint density at radius 2 is 1.96 bits per heavy atom. The van der Waals surface area contributed by atoms with Gasteiger partial charge in [0.25, 0.3) is 0 Å². The standard InChI is InChI=1S/C15H11F2NO5/c16-9-2-1-3-12(14(9)17)23-8-6-11(20)15(18-7-8)10(19)4-5-13(21)22/h1-3,6-7,20H,4-5H2,(H,21,22). The lowest BCUT2D eigenvalue weighted by Crippen LogP contribution is -2.06. The molecule has 1 aromatic heterocycles. The van der Waals surface area contributed by atoms with Crippen molar-refractivity contribution in [3.05, 3.63) is 47.8 Å². The molecule has 0 atom stereocenters. The minimum atomic E-state index is -1.20. The normalized spacial score (nSPS) is 10.3. The first-order valence-electron chi connectivity index (χ1n) is 6.44. The maximum Gasteiger partial charge on any atom is 0.303 e. The zero-order valence-electron chi connectivity index (χ0n) is 11.6. The van der Waals surface area contributed by atoms with Crippen LogP contribution >= 0.6 is 0 Å². The Hall–Kier alpha value is -3.03. The quantitative estimate of drug-likeness (QED) is 0.793. The van der Waals surface area contributed by atoms with E-state index in [1.54, 1.807) is 0 Å². The lowest BCUT2D eigenvalue weighted by atomic mass is 10.1. The first kappa shape index (κ1) is 16.3. The summed E-state index contributed by atoms with van der Waals surface area (Å²) in [6.07, 6.45) is 0.319. The molecular weight excluding hydrogens is 312 g/mol. The number of halogens is 2. The van der Waals surface area contributed by atoms with Crippen LogP contribution < -0.4 is 4.74 Å². The molecule has 0 saturated heterocycles. The fourth-order valence-corrected chi connectivity index (χ4v) is 1.73. The molecule has 0 spiro atoms. The van der Waals surface area contributed by atoms with Crippen molar-refractivity contribution < 1.29 is 33.3 Å². The van der Waals surface area contributed by atoms with Crippen LogP contribution in [0, 0.1) is 11.6 Å². The molecule has 0 aliphatic rings. The summed E-state index contributed by atoms with van der Waals surface area (Å²) < 4.78 is 31.6. The molecule has 8 heteroatoms. The van der Waals surface area contributed by atoms with Crippen molar-refractivity contribution in [3.63, 3.8) is 0 Å². The van der Waals surface area contributed by atoms with Gasteiger partial charge in [-0.2, -0.15) is 4.39 Å². The van der Waals surface area contributed by atoms with E-state index < -0.39 is 41.3 Å². The summed E-state index contributed by atoms with van der Waals surface area (Å²) in [5, 5.41) is 18.3. The summed E-state index contributed by atoms with van der Waals surface area (Å²) in [5.41, 5.74) is -0.321. The summed E-state index contributed by atoms with van der Waals surface area (Å²) in [4.78, 5) is 25.8. The van der Waals surface area contributed by atoms with Crippen LogP contribution in [0.15, 0.2) is 30.5 Å². The largest absolute Gasteiger partial charge is 0.505 e. The smallest absolute Gasteiger partial charge is 0.303 e. The van der Waals surface area contributed by atoms with Gasteiger partial charge in [0.1, 0.15) is 17.2 Å². The molecule has 1 aromatic carbocycles. The van der Waals surface area contributed by atoms with Crippen molar-refractivity contribution in [2.75, 3.05) is 0 Å². The van der Waals surface area contributed by atoms with Crippen LogP contribution in [0.25, 0.3) is 0 Å². The van der Waals surface area contributed by atoms with Crippen LogP contribution in [0.2, 0.25) is 0 Å². The van der Waals surface area contributed by atoms with Gasteiger partial charge in [0.2, 0.25) is 5.82 Å². The molecule has 0 fully saturated rings. The number of pyridine rings is 1. The van der Waals surface area contributed by atoms with Gasteiger partial charge < -0.3 is 14.9 Å². The van der Waals surface area contributed by atoms with Crippen LogP contribution in [0.3, 0.4) is 0 Å². The van der Waals surface area contributed by atoms with Gasteiger partial charge in [0, 0.05) is 12.5 Å². The highest BCUT2D eigenvalue weighted by Gasteiger charge is 2.16. The van der Waals surface area contributed by atoms with E-state index in [-0.39, 0.29) is 17.9 Å². The second-order valence-corrected chi connectivity index (χ2v) is 4.51. The van der Waals surface area contributed by atoms with Crippen LogP contribution in [-0.2, 0) is 4.79 Å². The van der Waals surface area contributed by atoms with Gasteiger partial charge in [-0.05, 0) is 12.1 Å². The van der Waals surface area contributed by atoms with E-state index in [0.29, 0.717) is 0 Å². The number of aromatic hydroxyl groups is 1. The molecule has 0 radical (unpaired) electrons. The van der Waals surface area contributed by atoms with Gasteiger partial charge in [-0.1, -0.05) is 6.07 Å². The average Bonchev–Trinajstić information content (AvgIpc) is 2.49. The van der Waals surface area contributed by atoms with E-state index in [1.807, 2.05) is 0 Å². The molecule has 1 heterocycles. The minimum absolute atomic E-state index is 0.109. The number of ketones is 1. The summed E-state index contributed by atoms with van der Waals surface area (Å²) in [7, 11) is 0. The molecule has 2 aromatic rings. The molecule has 0 bridgehead atoms. The lowest BCUT2D eigenvalue weighted by Gasteiger charge is -2.08. The number of carbonyl (C=O) groups excluding carboxylic acids is 1. The summed E-state index contributed by atoms with van der Waals surface area (Å²) in [6.45, 7) is 0. The topological polar surface area (TPSA) is 96.7 Å². The van der Waals surface area contributed by atoms with Gasteiger partial charge >= 0.3 is 5.97 Å². The van der Waals surface area contributed by atoms with Gasteiger partial charge in [0.15, 0.2) is 17.3 Å². The number of hydrogen-bond donors (Lipinski definition) is 2. The monoisotopic (exact) mass is 323 g/mol. The second-order valence-electron chi connectivity index (χ2n) is 4.51. The van der Waals surface area contributed by atoms with Gasteiger partial charge in [-0.3, -0.25) is 9.59 Å². The number of carbonyl (C=O) groups is 2. The molecule has 0 aliphatic carbocycles. The number of rotatable bonds is 6. The van der Waals surface area contributed by atoms with Gasteiger partial charge in [-0.25, -0.2) is 9.37 Å². The number of nitrogens with zero attached hydrogens (tertiary/aromatic N) is 1. The summed E-state index contributed by atoms with van der Waals surface area (Å²) in [6, 6.07) is 4.35. The number of aromatic nitrogens is 1. The maximum atomic E-state index is 13.5. The van der Waals surface area contributed by atoms with Crippen molar-refractivity contribution >= 4 is 11.8 Å². The maximum absolute atomic E-state index is 13.5. The zero-order valence-corrected chi connectivity index (χ0v) is 11.6. The first-order chi connectivity index (χ1) is 10.9. The molecule has 0 saturated carbocycles. The molecule has 2 N–H and O–H groups in total. The van der Waals surface area contributed by atoms with E-state index in [2.05, 4.69) is 4.98 Å². The van der Waals surface area contributed by atoms with Crippen LogP contribution in [0.5, 0.6) is 17.2 Å². The number of carboxylic acid groups (broad SMARTS) is 1. The highest BCUT2D eigenvalue weighted by molar-refractivity contribution is 5.98. The Bertz CT molecular complexity index is 764. The second kappa shape index (κ2) is 6.82. The third-order valence-electron chi connectivity index (χ3n) is 2.82. The van der Waals surface area contributed by atoms with E-state index >= 15 is 0 Å². The fraction of sp³-hybridized carbons (Fsp3) is 0.133. The van der Waals surface area contributed by atoms with Crippen LogP contribution in [0.1, 0.15) is 23.3 Å².